The first-order valence-electron chi connectivity index (χ1n) is 13.3. The molecule has 2 amide bonds. The zero-order chi connectivity index (χ0) is 30.0. The van der Waals surface area contributed by atoms with Gasteiger partial charge in [-0.1, -0.05) is 55.8 Å². The average molecular weight is 602 g/mol. The molecule has 3 aromatic carbocycles. The van der Waals surface area contributed by atoms with Crippen LogP contribution in [0.2, 0.25) is 5.02 Å². The molecule has 0 heterocycles. The Morgan fingerprint density at radius 3 is 2.20 bits per heavy atom. The molecule has 0 spiro atoms. The third-order valence-electron chi connectivity index (χ3n) is 6.48. The molecule has 220 valence electrons. The Kier molecular flexibility index (Phi) is 11.4. The van der Waals surface area contributed by atoms with Crippen LogP contribution < -0.4 is 19.1 Å². The maximum Gasteiger partial charge on any atom is 0.264 e. The number of carbonyl (C=O) groups excluding carboxylic acids is 2. The van der Waals surface area contributed by atoms with Crippen molar-refractivity contribution in [3.8, 4) is 11.5 Å². The monoisotopic (exact) mass is 601 g/mol. The standard InChI is InChI=1S/C30H36ClN3O6S/c1-5-18-32-30(36)27(6-2)33(20-22-12-15-24(39-3)16-13-22)29(35)21-34(23-14-17-28(40-4)26(31)19-23)41(37,38)25-10-8-7-9-11-25/h7-17,19,27H,5-6,18,20-21H2,1-4H3,(H,32,36)/t27-/m0/s1. The van der Waals surface area contributed by atoms with Crippen molar-refractivity contribution in [2.45, 2.75) is 44.2 Å². The molecule has 0 aliphatic heterocycles. The van der Waals surface area contributed by atoms with Gasteiger partial charge in [0, 0.05) is 13.1 Å². The molecule has 0 unspecified atom stereocenters. The molecule has 1 atom stereocenters. The zero-order valence-corrected chi connectivity index (χ0v) is 25.2. The topological polar surface area (TPSA) is 105 Å². The molecule has 0 radical (unpaired) electrons. The zero-order valence-electron chi connectivity index (χ0n) is 23.7. The van der Waals surface area contributed by atoms with E-state index in [9.17, 15) is 18.0 Å². The fourth-order valence-corrected chi connectivity index (χ4v) is 5.95. The average Bonchev–Trinajstić information content (AvgIpc) is 2.99. The van der Waals surface area contributed by atoms with E-state index in [0.717, 1.165) is 16.3 Å². The molecule has 0 saturated heterocycles. The van der Waals surface area contributed by atoms with Crippen LogP contribution in [0.1, 0.15) is 32.3 Å². The second-order valence-electron chi connectivity index (χ2n) is 9.23. The maximum atomic E-state index is 14.1. The van der Waals surface area contributed by atoms with E-state index in [1.807, 2.05) is 13.8 Å². The van der Waals surface area contributed by atoms with Gasteiger partial charge in [-0.3, -0.25) is 13.9 Å². The smallest absolute Gasteiger partial charge is 0.264 e. The second-order valence-corrected chi connectivity index (χ2v) is 11.5. The number of sulfonamides is 1. The summed E-state index contributed by atoms with van der Waals surface area (Å²) in [7, 11) is -1.19. The van der Waals surface area contributed by atoms with E-state index in [4.69, 9.17) is 21.1 Å². The van der Waals surface area contributed by atoms with Crippen molar-refractivity contribution in [3.63, 3.8) is 0 Å². The Morgan fingerprint density at radius 1 is 0.951 bits per heavy atom. The molecule has 0 fully saturated rings. The van der Waals surface area contributed by atoms with Crippen LogP contribution in [-0.2, 0) is 26.2 Å². The molecule has 0 aliphatic carbocycles. The number of hydrogen-bond donors (Lipinski definition) is 1. The van der Waals surface area contributed by atoms with Gasteiger partial charge in [-0.2, -0.15) is 0 Å². The molecule has 1 N–H and O–H groups in total. The predicted octanol–water partition coefficient (Wildman–Crippen LogP) is 4.89. The van der Waals surface area contributed by atoms with Crippen molar-refractivity contribution in [1.29, 1.82) is 0 Å². The summed E-state index contributed by atoms with van der Waals surface area (Å²) < 4.78 is 39.3. The van der Waals surface area contributed by atoms with Crippen molar-refractivity contribution in [2.75, 3.05) is 31.6 Å². The lowest BCUT2D eigenvalue weighted by molar-refractivity contribution is -0.140. The lowest BCUT2D eigenvalue weighted by Gasteiger charge is -2.33. The SMILES string of the molecule is CCCNC(=O)[C@H](CC)N(Cc1ccc(OC)cc1)C(=O)CN(c1ccc(OC)c(Cl)c1)S(=O)(=O)c1ccccc1. The number of nitrogens with zero attached hydrogens (tertiary/aromatic N) is 2. The second kappa shape index (κ2) is 14.7. The fraction of sp³-hybridized carbons (Fsp3) is 0.333. The van der Waals surface area contributed by atoms with Gasteiger partial charge < -0.3 is 19.7 Å². The van der Waals surface area contributed by atoms with E-state index < -0.39 is 28.5 Å². The molecular formula is C30H36ClN3O6S. The van der Waals surface area contributed by atoms with Crippen LogP contribution in [0.25, 0.3) is 0 Å². The highest BCUT2D eigenvalue weighted by Gasteiger charge is 2.33. The Morgan fingerprint density at radius 2 is 1.63 bits per heavy atom. The van der Waals surface area contributed by atoms with Gasteiger partial charge >= 0.3 is 0 Å². The fourth-order valence-electron chi connectivity index (χ4n) is 4.27. The van der Waals surface area contributed by atoms with Crippen LogP contribution in [0.15, 0.2) is 77.7 Å². The molecule has 41 heavy (non-hydrogen) atoms. The predicted molar refractivity (Wildman–Crippen MR) is 160 cm³/mol. The largest absolute Gasteiger partial charge is 0.497 e. The number of amides is 2. The highest BCUT2D eigenvalue weighted by molar-refractivity contribution is 7.92. The number of halogens is 1. The number of benzene rings is 3. The van der Waals surface area contributed by atoms with Gasteiger partial charge in [0.05, 0.1) is 29.8 Å². The van der Waals surface area contributed by atoms with Crippen molar-refractivity contribution in [3.05, 3.63) is 83.4 Å². The van der Waals surface area contributed by atoms with E-state index in [-0.39, 0.29) is 28.1 Å². The number of hydrogen-bond acceptors (Lipinski definition) is 6. The van der Waals surface area contributed by atoms with Gasteiger partial charge in [-0.05, 0) is 60.9 Å². The van der Waals surface area contributed by atoms with Gasteiger partial charge in [0.2, 0.25) is 11.8 Å². The number of anilines is 1. The highest BCUT2D eigenvalue weighted by atomic mass is 35.5. The Hall–Kier alpha value is -3.76. The minimum absolute atomic E-state index is 0.00850. The van der Waals surface area contributed by atoms with Crippen LogP contribution in [-0.4, -0.2) is 58.5 Å². The van der Waals surface area contributed by atoms with Crippen LogP contribution in [0, 0.1) is 0 Å². The quantitative estimate of drug-likeness (QED) is 0.282. The van der Waals surface area contributed by atoms with E-state index >= 15 is 0 Å². The Labute approximate surface area is 247 Å². The number of methoxy groups -OCH3 is 2. The normalized spacial score (nSPS) is 11.8. The van der Waals surface area contributed by atoms with Crippen molar-refractivity contribution < 1.29 is 27.5 Å². The lowest BCUT2D eigenvalue weighted by Crippen LogP contribution is -2.52. The maximum absolute atomic E-state index is 14.1. The molecule has 0 aliphatic rings. The van der Waals surface area contributed by atoms with Crippen LogP contribution >= 0.6 is 11.6 Å². The van der Waals surface area contributed by atoms with Crippen LogP contribution in [0.3, 0.4) is 0 Å². The van der Waals surface area contributed by atoms with Crippen molar-refractivity contribution >= 4 is 39.1 Å². The number of carbonyl (C=O) groups is 2. The van der Waals surface area contributed by atoms with Crippen molar-refractivity contribution in [2.24, 2.45) is 0 Å². The third kappa shape index (κ3) is 7.92. The summed E-state index contributed by atoms with van der Waals surface area (Å²) in [6, 6.07) is 18.7. The minimum atomic E-state index is -4.20. The van der Waals surface area contributed by atoms with Crippen LogP contribution in [0.4, 0.5) is 5.69 Å². The summed E-state index contributed by atoms with van der Waals surface area (Å²) in [5, 5.41) is 3.05. The number of rotatable bonds is 14. The van der Waals surface area contributed by atoms with Gasteiger partial charge in [-0.15, -0.1) is 0 Å². The van der Waals surface area contributed by atoms with E-state index in [2.05, 4.69) is 5.32 Å². The first-order valence-corrected chi connectivity index (χ1v) is 15.1. The summed E-state index contributed by atoms with van der Waals surface area (Å²) in [6.45, 7) is 3.73. The highest BCUT2D eigenvalue weighted by Crippen LogP contribution is 2.32. The first kappa shape index (κ1) is 31.8. The number of ether oxygens (including phenoxy) is 2. The molecule has 9 nitrogen and oxygen atoms in total. The summed E-state index contributed by atoms with van der Waals surface area (Å²) in [5.41, 5.74) is 0.937. The van der Waals surface area contributed by atoms with Gasteiger partial charge in [0.25, 0.3) is 10.0 Å². The Bertz CT molecular complexity index is 1420. The summed E-state index contributed by atoms with van der Waals surface area (Å²) in [5.74, 6) is 0.154. The molecule has 0 saturated carbocycles. The minimum Gasteiger partial charge on any atom is -0.497 e. The van der Waals surface area contributed by atoms with Gasteiger partial charge in [-0.25, -0.2) is 8.42 Å². The molecule has 3 rings (SSSR count). The third-order valence-corrected chi connectivity index (χ3v) is 8.56. The van der Waals surface area contributed by atoms with Crippen LogP contribution in [0.5, 0.6) is 11.5 Å². The van der Waals surface area contributed by atoms with Gasteiger partial charge in [0.15, 0.2) is 0 Å². The molecular weight excluding hydrogens is 566 g/mol. The Balaban J connectivity index is 2.06. The summed E-state index contributed by atoms with van der Waals surface area (Å²) in [4.78, 5) is 28.7. The molecule has 0 bridgehead atoms. The first-order chi connectivity index (χ1) is 19.7. The van der Waals surface area contributed by atoms with E-state index in [0.29, 0.717) is 24.5 Å². The molecule has 11 heteroatoms. The van der Waals surface area contributed by atoms with E-state index in [1.54, 1.807) is 49.6 Å². The number of nitrogens with one attached hydrogen (secondary N) is 1. The van der Waals surface area contributed by atoms with E-state index in [1.165, 1.54) is 42.3 Å². The lowest BCUT2D eigenvalue weighted by atomic mass is 10.1. The summed E-state index contributed by atoms with van der Waals surface area (Å²) >= 11 is 6.36. The van der Waals surface area contributed by atoms with Gasteiger partial charge in [0.1, 0.15) is 24.1 Å². The summed E-state index contributed by atoms with van der Waals surface area (Å²) in [6.07, 6.45) is 1.06. The molecule has 3 aromatic rings. The molecule has 0 aromatic heterocycles. The van der Waals surface area contributed by atoms with Crippen molar-refractivity contribution in [1.82, 2.24) is 10.2 Å².